The molecule has 0 bridgehead atoms. The number of hydrogen-bond donors (Lipinski definition) is 1. The molecule has 0 atom stereocenters. The zero-order chi connectivity index (χ0) is 18.8. The van der Waals surface area contributed by atoms with Crippen molar-refractivity contribution in [2.24, 2.45) is 7.05 Å². The lowest BCUT2D eigenvalue weighted by molar-refractivity contribution is 0.0594. The minimum absolute atomic E-state index is 0.0290. The van der Waals surface area contributed by atoms with Gasteiger partial charge in [-0.2, -0.15) is 5.10 Å². The van der Waals surface area contributed by atoms with Crippen LogP contribution in [0.4, 0.5) is 10.1 Å². The van der Waals surface area contributed by atoms with E-state index >= 15 is 0 Å². The van der Waals surface area contributed by atoms with Crippen LogP contribution in [0, 0.1) is 12.7 Å². The van der Waals surface area contributed by atoms with Crippen molar-refractivity contribution in [3.8, 4) is 11.3 Å². The van der Waals surface area contributed by atoms with E-state index < -0.39 is 17.7 Å². The first kappa shape index (κ1) is 17.3. The fraction of sp³-hybridized carbons (Fsp3) is 0.176. The molecule has 0 aliphatic carbocycles. The molecule has 1 amide bonds. The van der Waals surface area contributed by atoms with E-state index in [9.17, 15) is 14.0 Å². The highest BCUT2D eigenvalue weighted by Crippen LogP contribution is 2.25. The maximum atomic E-state index is 13.8. The topological polar surface area (TPSA) is 99.2 Å². The predicted molar refractivity (Wildman–Crippen MR) is 89.1 cm³/mol. The number of ether oxygens (including phenoxy) is 1. The quantitative estimate of drug-likeness (QED) is 0.720. The van der Waals surface area contributed by atoms with Crippen molar-refractivity contribution < 1.29 is 23.2 Å². The van der Waals surface area contributed by atoms with Gasteiger partial charge >= 0.3 is 5.97 Å². The third kappa shape index (κ3) is 3.06. The SMILES string of the molecule is COC(=O)c1nn(C)c(C)c1NC(=O)c1cc(-c2ccccc2F)on1. The van der Waals surface area contributed by atoms with Gasteiger partial charge in [-0.15, -0.1) is 0 Å². The van der Waals surface area contributed by atoms with Gasteiger partial charge in [0.05, 0.1) is 24.1 Å². The number of carbonyl (C=O) groups is 2. The predicted octanol–water partition coefficient (Wildman–Crippen LogP) is 2.56. The van der Waals surface area contributed by atoms with Crippen LogP contribution in [0.1, 0.15) is 26.7 Å². The summed E-state index contributed by atoms with van der Waals surface area (Å²) in [5, 5.41) is 10.3. The summed E-state index contributed by atoms with van der Waals surface area (Å²) in [5.41, 5.74) is 0.851. The number of hydrogen-bond acceptors (Lipinski definition) is 6. The number of amides is 1. The normalized spacial score (nSPS) is 10.6. The van der Waals surface area contributed by atoms with Gasteiger partial charge in [0.1, 0.15) is 5.82 Å². The Balaban J connectivity index is 1.89. The summed E-state index contributed by atoms with van der Waals surface area (Å²) in [6.45, 7) is 1.68. The van der Waals surface area contributed by atoms with Gasteiger partial charge in [0.15, 0.2) is 17.1 Å². The van der Waals surface area contributed by atoms with Crippen molar-refractivity contribution in [2.75, 3.05) is 12.4 Å². The Bertz CT molecular complexity index is 993. The summed E-state index contributed by atoms with van der Waals surface area (Å²) in [4.78, 5) is 24.3. The van der Waals surface area contributed by atoms with Crippen LogP contribution in [0.5, 0.6) is 0 Å². The first-order chi connectivity index (χ1) is 12.4. The lowest BCUT2D eigenvalue weighted by atomic mass is 10.1. The number of nitrogens with one attached hydrogen (secondary N) is 1. The Morgan fingerprint density at radius 1 is 1.31 bits per heavy atom. The van der Waals surface area contributed by atoms with E-state index in [1.54, 1.807) is 26.1 Å². The second-order valence-corrected chi connectivity index (χ2v) is 5.43. The monoisotopic (exact) mass is 358 g/mol. The number of aromatic nitrogens is 3. The van der Waals surface area contributed by atoms with Crippen LogP contribution in [0.25, 0.3) is 11.3 Å². The van der Waals surface area contributed by atoms with Crippen LogP contribution in [0.15, 0.2) is 34.9 Å². The highest BCUT2D eigenvalue weighted by Gasteiger charge is 2.24. The zero-order valence-corrected chi connectivity index (χ0v) is 14.2. The highest BCUT2D eigenvalue weighted by molar-refractivity contribution is 6.07. The molecule has 1 aromatic carbocycles. The molecule has 0 saturated heterocycles. The summed E-state index contributed by atoms with van der Waals surface area (Å²) in [7, 11) is 2.85. The molecule has 0 aliphatic heterocycles. The van der Waals surface area contributed by atoms with E-state index in [0.717, 1.165) is 0 Å². The summed E-state index contributed by atoms with van der Waals surface area (Å²) in [5.74, 6) is -1.69. The summed E-state index contributed by atoms with van der Waals surface area (Å²) in [6, 6.07) is 7.29. The third-order valence-corrected chi connectivity index (χ3v) is 3.83. The molecule has 2 aromatic heterocycles. The fourth-order valence-electron chi connectivity index (χ4n) is 2.35. The van der Waals surface area contributed by atoms with Crippen molar-refractivity contribution in [1.29, 1.82) is 0 Å². The molecule has 134 valence electrons. The van der Waals surface area contributed by atoms with Gasteiger partial charge in [-0.3, -0.25) is 9.48 Å². The minimum atomic E-state index is -0.684. The van der Waals surface area contributed by atoms with Crippen LogP contribution in [0.3, 0.4) is 0 Å². The highest BCUT2D eigenvalue weighted by atomic mass is 19.1. The van der Waals surface area contributed by atoms with Gasteiger partial charge < -0.3 is 14.6 Å². The molecule has 26 heavy (non-hydrogen) atoms. The number of methoxy groups -OCH3 is 1. The van der Waals surface area contributed by atoms with Gasteiger partial charge in [-0.25, -0.2) is 9.18 Å². The largest absolute Gasteiger partial charge is 0.464 e. The Labute approximate surface area is 147 Å². The van der Waals surface area contributed by atoms with Crippen molar-refractivity contribution in [3.63, 3.8) is 0 Å². The maximum Gasteiger partial charge on any atom is 0.360 e. The second kappa shape index (κ2) is 6.79. The zero-order valence-electron chi connectivity index (χ0n) is 14.2. The molecule has 0 saturated carbocycles. The molecule has 0 fully saturated rings. The van der Waals surface area contributed by atoms with Crippen LogP contribution in [0.2, 0.25) is 0 Å². The molecular weight excluding hydrogens is 343 g/mol. The molecule has 0 radical (unpaired) electrons. The average molecular weight is 358 g/mol. The Hall–Kier alpha value is -3.49. The number of halogens is 1. The van der Waals surface area contributed by atoms with Crippen molar-refractivity contribution >= 4 is 17.6 Å². The molecular formula is C17H15FN4O4. The molecule has 8 nitrogen and oxygen atoms in total. The molecule has 0 aliphatic rings. The summed E-state index contributed by atoms with van der Waals surface area (Å²) < 4.78 is 25.0. The Kier molecular flexibility index (Phi) is 4.53. The Morgan fingerprint density at radius 2 is 2.04 bits per heavy atom. The lowest BCUT2D eigenvalue weighted by Gasteiger charge is -2.04. The summed E-state index contributed by atoms with van der Waals surface area (Å²) in [6.07, 6.45) is 0. The van der Waals surface area contributed by atoms with Gasteiger partial charge in [0.2, 0.25) is 0 Å². The van der Waals surface area contributed by atoms with Crippen LogP contribution in [-0.2, 0) is 11.8 Å². The number of anilines is 1. The van der Waals surface area contributed by atoms with E-state index in [2.05, 4.69) is 20.3 Å². The molecule has 1 N–H and O–H groups in total. The summed E-state index contributed by atoms with van der Waals surface area (Å²) >= 11 is 0. The molecule has 3 aromatic rings. The molecule has 3 rings (SSSR count). The van der Waals surface area contributed by atoms with E-state index in [1.807, 2.05) is 0 Å². The van der Waals surface area contributed by atoms with E-state index in [1.165, 1.54) is 30.0 Å². The van der Waals surface area contributed by atoms with Crippen molar-refractivity contribution in [1.82, 2.24) is 14.9 Å². The smallest absolute Gasteiger partial charge is 0.360 e. The van der Waals surface area contributed by atoms with Crippen LogP contribution < -0.4 is 5.32 Å². The number of nitrogens with zero attached hydrogens (tertiary/aromatic N) is 3. The Morgan fingerprint density at radius 3 is 2.73 bits per heavy atom. The fourth-order valence-corrected chi connectivity index (χ4v) is 2.35. The van der Waals surface area contributed by atoms with Crippen LogP contribution in [-0.4, -0.2) is 33.9 Å². The van der Waals surface area contributed by atoms with E-state index in [-0.39, 0.29) is 28.4 Å². The molecule has 9 heteroatoms. The first-order valence-corrected chi connectivity index (χ1v) is 7.57. The molecule has 0 spiro atoms. The second-order valence-electron chi connectivity index (χ2n) is 5.43. The van der Waals surface area contributed by atoms with Gasteiger partial charge in [0.25, 0.3) is 5.91 Å². The van der Waals surface area contributed by atoms with E-state index in [0.29, 0.717) is 5.69 Å². The van der Waals surface area contributed by atoms with Gasteiger partial charge in [-0.1, -0.05) is 17.3 Å². The number of esters is 1. The van der Waals surface area contributed by atoms with Crippen LogP contribution >= 0.6 is 0 Å². The number of benzene rings is 1. The number of carbonyl (C=O) groups excluding carboxylic acids is 2. The average Bonchev–Trinajstić information content (AvgIpc) is 3.22. The lowest BCUT2D eigenvalue weighted by Crippen LogP contribution is -2.15. The molecule has 2 heterocycles. The molecule has 0 unspecified atom stereocenters. The number of rotatable bonds is 4. The maximum absolute atomic E-state index is 13.8. The van der Waals surface area contributed by atoms with Gasteiger partial charge in [-0.05, 0) is 19.1 Å². The van der Waals surface area contributed by atoms with Crippen molar-refractivity contribution in [2.45, 2.75) is 6.92 Å². The standard InChI is InChI=1S/C17H15FN4O4/c1-9-14(15(17(24)25-3)20-22(9)2)19-16(23)12-8-13(26-21-12)10-6-4-5-7-11(10)18/h4-8H,1-3H3,(H,19,23). The number of aryl methyl sites for hydroxylation is 1. The first-order valence-electron chi connectivity index (χ1n) is 7.57. The minimum Gasteiger partial charge on any atom is -0.464 e. The van der Waals surface area contributed by atoms with Crippen molar-refractivity contribution in [3.05, 3.63) is 53.2 Å². The van der Waals surface area contributed by atoms with E-state index in [4.69, 9.17) is 4.52 Å². The van der Waals surface area contributed by atoms with Gasteiger partial charge in [0, 0.05) is 13.1 Å². The third-order valence-electron chi connectivity index (χ3n) is 3.83.